The van der Waals surface area contributed by atoms with Gasteiger partial charge in [0.25, 0.3) is 5.91 Å². The van der Waals surface area contributed by atoms with Crippen LogP contribution in [0.3, 0.4) is 0 Å². The smallest absolute Gasteiger partial charge is 0.336 e. The lowest BCUT2D eigenvalue weighted by molar-refractivity contribution is 0.0699. The van der Waals surface area contributed by atoms with Crippen molar-refractivity contribution in [1.82, 2.24) is 5.32 Å². The van der Waals surface area contributed by atoms with Gasteiger partial charge in [-0.2, -0.15) is 0 Å². The first-order chi connectivity index (χ1) is 10.0. The highest BCUT2D eigenvalue weighted by molar-refractivity contribution is 6.14. The zero-order chi connectivity index (χ0) is 15.4. The molecule has 2 N–H and O–H groups in total. The van der Waals surface area contributed by atoms with E-state index < -0.39 is 5.97 Å². The molecule has 2 aromatic rings. The van der Waals surface area contributed by atoms with E-state index in [1.54, 1.807) is 37.3 Å². The Kier molecular flexibility index (Phi) is 4.24. The maximum Gasteiger partial charge on any atom is 0.336 e. The summed E-state index contributed by atoms with van der Waals surface area (Å²) in [5.41, 5.74) is 0.456. The number of benzene rings is 2. The van der Waals surface area contributed by atoms with Crippen LogP contribution in [0.5, 0.6) is 0 Å². The molecule has 21 heavy (non-hydrogen) atoms. The Bertz CT molecular complexity index is 738. The minimum absolute atomic E-state index is 0.114. The highest BCUT2D eigenvalue weighted by Gasteiger charge is 2.17. The number of aromatic carboxylic acids is 1. The maximum atomic E-state index is 12.3. The fourth-order valence-electron chi connectivity index (χ4n) is 2.24. The van der Waals surface area contributed by atoms with Crippen molar-refractivity contribution in [2.75, 3.05) is 0 Å². The first-order valence-electron chi connectivity index (χ1n) is 6.54. The SMILES string of the molecule is C#CCC(C)NC(=O)c1cccc2cccc(C(=O)O)c12. The van der Waals surface area contributed by atoms with Crippen LogP contribution >= 0.6 is 0 Å². The summed E-state index contributed by atoms with van der Waals surface area (Å²) < 4.78 is 0. The molecule has 1 amide bonds. The molecule has 0 aliphatic carbocycles. The van der Waals surface area contributed by atoms with E-state index in [2.05, 4.69) is 11.2 Å². The van der Waals surface area contributed by atoms with Crippen molar-refractivity contribution >= 4 is 22.6 Å². The topological polar surface area (TPSA) is 66.4 Å². The maximum absolute atomic E-state index is 12.3. The minimum atomic E-state index is -1.06. The summed E-state index contributed by atoms with van der Waals surface area (Å²) in [5, 5.41) is 13.2. The van der Waals surface area contributed by atoms with Crippen molar-refractivity contribution in [3.63, 3.8) is 0 Å². The molecular weight excluding hydrogens is 266 g/mol. The Balaban J connectivity index is 2.51. The van der Waals surface area contributed by atoms with Crippen LogP contribution in [0.1, 0.15) is 34.1 Å². The molecule has 0 fully saturated rings. The first kappa shape index (κ1) is 14.6. The van der Waals surface area contributed by atoms with Crippen molar-refractivity contribution in [2.24, 2.45) is 0 Å². The molecule has 0 saturated carbocycles. The number of carbonyl (C=O) groups is 2. The lowest BCUT2D eigenvalue weighted by Crippen LogP contribution is -2.32. The van der Waals surface area contributed by atoms with Crippen molar-refractivity contribution in [2.45, 2.75) is 19.4 Å². The van der Waals surface area contributed by atoms with Gasteiger partial charge in [-0.25, -0.2) is 4.79 Å². The van der Waals surface area contributed by atoms with Crippen LogP contribution in [0.4, 0.5) is 0 Å². The van der Waals surface area contributed by atoms with E-state index in [0.29, 0.717) is 22.8 Å². The van der Waals surface area contributed by atoms with E-state index in [4.69, 9.17) is 6.42 Å². The van der Waals surface area contributed by atoms with Gasteiger partial charge in [-0.15, -0.1) is 12.3 Å². The Hall–Kier alpha value is -2.80. The Morgan fingerprint density at radius 3 is 2.43 bits per heavy atom. The second kappa shape index (κ2) is 6.10. The molecule has 2 rings (SSSR count). The second-order valence-electron chi connectivity index (χ2n) is 4.80. The van der Waals surface area contributed by atoms with Crippen LogP contribution in [-0.2, 0) is 0 Å². The molecule has 0 aromatic heterocycles. The van der Waals surface area contributed by atoms with Crippen LogP contribution in [0.25, 0.3) is 10.8 Å². The first-order valence-corrected chi connectivity index (χ1v) is 6.54. The number of fused-ring (bicyclic) bond motifs is 1. The van der Waals surface area contributed by atoms with Crippen LogP contribution in [-0.4, -0.2) is 23.0 Å². The number of nitrogens with one attached hydrogen (secondary N) is 1. The molecule has 0 spiro atoms. The van der Waals surface area contributed by atoms with Gasteiger partial charge < -0.3 is 10.4 Å². The lowest BCUT2D eigenvalue weighted by atomic mass is 9.98. The summed E-state index contributed by atoms with van der Waals surface area (Å²) in [4.78, 5) is 23.7. The average molecular weight is 281 g/mol. The Labute approximate surface area is 122 Å². The molecule has 1 atom stereocenters. The minimum Gasteiger partial charge on any atom is -0.478 e. The Morgan fingerprint density at radius 1 is 1.24 bits per heavy atom. The molecule has 1 unspecified atom stereocenters. The van der Waals surface area contributed by atoms with Gasteiger partial charge in [0.2, 0.25) is 0 Å². The van der Waals surface area contributed by atoms with E-state index in [-0.39, 0.29) is 17.5 Å². The van der Waals surface area contributed by atoms with E-state index in [9.17, 15) is 14.7 Å². The number of rotatable bonds is 4. The number of carbonyl (C=O) groups excluding carboxylic acids is 1. The largest absolute Gasteiger partial charge is 0.478 e. The summed E-state index contributed by atoms with van der Waals surface area (Å²) in [7, 11) is 0. The second-order valence-corrected chi connectivity index (χ2v) is 4.80. The van der Waals surface area contributed by atoms with Crippen LogP contribution in [0.15, 0.2) is 36.4 Å². The molecule has 0 bridgehead atoms. The zero-order valence-corrected chi connectivity index (χ0v) is 11.6. The predicted molar refractivity (Wildman–Crippen MR) is 81.3 cm³/mol. The van der Waals surface area contributed by atoms with Crippen molar-refractivity contribution in [1.29, 1.82) is 0 Å². The monoisotopic (exact) mass is 281 g/mol. The highest BCUT2D eigenvalue weighted by Crippen LogP contribution is 2.23. The fourth-order valence-corrected chi connectivity index (χ4v) is 2.24. The van der Waals surface area contributed by atoms with Gasteiger partial charge >= 0.3 is 5.97 Å². The molecule has 0 aliphatic rings. The molecule has 0 saturated heterocycles. The van der Waals surface area contributed by atoms with Gasteiger partial charge in [-0.3, -0.25) is 4.79 Å². The molecule has 0 radical (unpaired) electrons. The van der Waals surface area contributed by atoms with Gasteiger partial charge in [0, 0.05) is 23.4 Å². The molecule has 106 valence electrons. The summed E-state index contributed by atoms with van der Waals surface area (Å²) in [6.07, 6.45) is 5.64. The van der Waals surface area contributed by atoms with Gasteiger partial charge in [0.15, 0.2) is 0 Å². The van der Waals surface area contributed by atoms with Crippen molar-refractivity contribution < 1.29 is 14.7 Å². The summed E-state index contributed by atoms with van der Waals surface area (Å²) in [5.74, 6) is 1.10. The van der Waals surface area contributed by atoms with Crippen LogP contribution < -0.4 is 5.32 Å². The third kappa shape index (κ3) is 3.03. The van der Waals surface area contributed by atoms with E-state index in [1.807, 2.05) is 0 Å². The van der Waals surface area contributed by atoms with Crippen molar-refractivity contribution in [3.05, 3.63) is 47.5 Å². The molecule has 0 aliphatic heterocycles. The highest BCUT2D eigenvalue weighted by atomic mass is 16.4. The van der Waals surface area contributed by atoms with E-state index in [0.717, 1.165) is 0 Å². The molecular formula is C17H15NO3. The van der Waals surface area contributed by atoms with E-state index >= 15 is 0 Å². The number of hydrogen-bond acceptors (Lipinski definition) is 2. The third-order valence-electron chi connectivity index (χ3n) is 3.18. The normalized spacial score (nSPS) is 11.6. The molecule has 4 nitrogen and oxygen atoms in total. The zero-order valence-electron chi connectivity index (χ0n) is 11.6. The van der Waals surface area contributed by atoms with Crippen LogP contribution in [0, 0.1) is 12.3 Å². The standard InChI is InChI=1S/C17H15NO3/c1-3-6-11(2)18-16(19)13-9-4-7-12-8-5-10-14(15(12)13)17(20)21/h1,4-5,7-11H,6H2,2H3,(H,18,19)(H,20,21). The number of hydrogen-bond donors (Lipinski definition) is 2. The summed E-state index contributed by atoms with van der Waals surface area (Å²) in [6.45, 7) is 1.81. The molecule has 0 heterocycles. The Morgan fingerprint density at radius 2 is 1.86 bits per heavy atom. The fraction of sp³-hybridized carbons (Fsp3) is 0.176. The average Bonchev–Trinajstić information content (AvgIpc) is 2.45. The quantitative estimate of drug-likeness (QED) is 0.847. The van der Waals surface area contributed by atoms with E-state index in [1.165, 1.54) is 6.07 Å². The van der Waals surface area contributed by atoms with Gasteiger partial charge in [-0.1, -0.05) is 24.3 Å². The number of carboxylic acid groups (broad SMARTS) is 1. The third-order valence-corrected chi connectivity index (χ3v) is 3.18. The van der Waals surface area contributed by atoms with Gasteiger partial charge in [0.05, 0.1) is 5.56 Å². The predicted octanol–water partition coefficient (Wildman–Crippen LogP) is 2.68. The van der Waals surface area contributed by atoms with Crippen molar-refractivity contribution in [3.8, 4) is 12.3 Å². The van der Waals surface area contributed by atoms with Crippen LogP contribution in [0.2, 0.25) is 0 Å². The number of amides is 1. The lowest BCUT2D eigenvalue weighted by Gasteiger charge is -2.13. The van der Waals surface area contributed by atoms with Gasteiger partial charge in [0.1, 0.15) is 0 Å². The number of carboxylic acids is 1. The summed E-state index contributed by atoms with van der Waals surface area (Å²) >= 11 is 0. The summed E-state index contributed by atoms with van der Waals surface area (Å²) in [6, 6.07) is 9.89. The molecule has 4 heteroatoms. The van der Waals surface area contributed by atoms with Gasteiger partial charge in [-0.05, 0) is 24.4 Å². The molecule has 2 aromatic carbocycles. The number of terminal acetylenes is 1.